The molecule has 0 atom stereocenters. The van der Waals surface area contributed by atoms with Crippen LogP contribution < -0.4 is 0 Å². The number of rotatable bonds is 2. The minimum Gasteiger partial charge on any atom is -0.508 e. The van der Waals surface area contributed by atoms with Gasteiger partial charge in [0.25, 0.3) is 10.1 Å². The zero-order chi connectivity index (χ0) is 16.6. The summed E-state index contributed by atoms with van der Waals surface area (Å²) >= 11 is 0. The van der Waals surface area contributed by atoms with Crippen molar-refractivity contribution >= 4 is 27.3 Å². The molecule has 0 amide bonds. The first-order valence-electron chi connectivity index (χ1n) is 6.57. The van der Waals surface area contributed by atoms with Gasteiger partial charge in [0.05, 0.1) is 11.4 Å². The molecule has 0 saturated heterocycles. The monoisotopic (exact) mass is 329 g/mol. The molecular formula is C16H11NO5S. The normalized spacial score (nSPS) is 16.1. The van der Waals surface area contributed by atoms with E-state index in [1.54, 1.807) is 30.3 Å². The van der Waals surface area contributed by atoms with Crippen molar-refractivity contribution in [2.24, 2.45) is 4.99 Å². The standard InChI is InChI=1S/C16H11NO5S/c18-11-7-5-10(6-8-11)17-14-9-15(23(20,21)22)16(19)13-4-2-1-3-12(13)14/h1-9,18H,(H,20,21,22). The first-order chi connectivity index (χ1) is 10.9. The number of aromatic hydroxyl groups is 1. The molecule has 2 N–H and O–H groups in total. The Hall–Kier alpha value is -2.77. The van der Waals surface area contributed by atoms with E-state index >= 15 is 0 Å². The number of nitrogens with zero attached hydrogens (tertiary/aromatic N) is 1. The Kier molecular flexibility index (Phi) is 3.59. The molecular weight excluding hydrogens is 318 g/mol. The summed E-state index contributed by atoms with van der Waals surface area (Å²) in [6.45, 7) is 0. The number of carbonyl (C=O) groups excluding carboxylic acids is 1. The van der Waals surface area contributed by atoms with Crippen LogP contribution in [-0.4, -0.2) is 29.6 Å². The maximum absolute atomic E-state index is 12.2. The highest BCUT2D eigenvalue weighted by Gasteiger charge is 2.31. The zero-order valence-electron chi connectivity index (χ0n) is 11.7. The van der Waals surface area contributed by atoms with Crippen LogP contribution in [0.2, 0.25) is 0 Å². The van der Waals surface area contributed by atoms with Crippen LogP contribution in [0.15, 0.2) is 64.5 Å². The first-order valence-corrected chi connectivity index (χ1v) is 8.01. The lowest BCUT2D eigenvalue weighted by molar-refractivity contribution is 0.104. The number of phenols is 1. The molecule has 0 saturated carbocycles. The minimum atomic E-state index is -4.66. The molecule has 1 aliphatic carbocycles. The van der Waals surface area contributed by atoms with Crippen molar-refractivity contribution in [3.8, 4) is 5.75 Å². The maximum atomic E-state index is 12.2. The van der Waals surface area contributed by atoms with Gasteiger partial charge >= 0.3 is 0 Å². The predicted octanol–water partition coefficient (Wildman–Crippen LogP) is 2.48. The van der Waals surface area contributed by atoms with E-state index in [0.717, 1.165) is 6.08 Å². The lowest BCUT2D eigenvalue weighted by Crippen LogP contribution is -2.22. The summed E-state index contributed by atoms with van der Waals surface area (Å²) in [5.74, 6) is -0.699. The van der Waals surface area contributed by atoms with Crippen LogP contribution in [0.3, 0.4) is 0 Å². The average molecular weight is 329 g/mol. The number of Topliss-reactive ketones (excluding diaryl/α,β-unsaturated/α-hetero) is 1. The number of carbonyl (C=O) groups is 1. The van der Waals surface area contributed by atoms with Gasteiger partial charge in [0.1, 0.15) is 10.7 Å². The molecule has 0 radical (unpaired) electrons. The van der Waals surface area contributed by atoms with Crippen LogP contribution in [0.1, 0.15) is 15.9 Å². The molecule has 6 nitrogen and oxygen atoms in total. The molecule has 0 fully saturated rings. The molecule has 0 aromatic heterocycles. The molecule has 0 bridgehead atoms. The van der Waals surface area contributed by atoms with Gasteiger partial charge in [-0.15, -0.1) is 0 Å². The van der Waals surface area contributed by atoms with Gasteiger partial charge < -0.3 is 5.11 Å². The molecule has 2 aromatic carbocycles. The lowest BCUT2D eigenvalue weighted by atomic mass is 9.94. The summed E-state index contributed by atoms with van der Waals surface area (Å²) in [6, 6.07) is 12.4. The van der Waals surface area contributed by atoms with Crippen LogP contribution >= 0.6 is 0 Å². The molecule has 7 heteroatoms. The van der Waals surface area contributed by atoms with E-state index in [2.05, 4.69) is 4.99 Å². The van der Waals surface area contributed by atoms with E-state index in [-0.39, 0.29) is 17.0 Å². The van der Waals surface area contributed by atoms with Crippen LogP contribution in [-0.2, 0) is 10.1 Å². The van der Waals surface area contributed by atoms with Gasteiger partial charge in [-0.2, -0.15) is 8.42 Å². The van der Waals surface area contributed by atoms with Crippen molar-refractivity contribution in [1.29, 1.82) is 0 Å². The van der Waals surface area contributed by atoms with Crippen molar-refractivity contribution < 1.29 is 22.9 Å². The summed E-state index contributed by atoms with van der Waals surface area (Å²) in [5.41, 5.74) is 1.32. The Balaban J connectivity index is 2.22. The average Bonchev–Trinajstić information content (AvgIpc) is 2.51. The lowest BCUT2D eigenvalue weighted by Gasteiger charge is -2.15. The van der Waals surface area contributed by atoms with E-state index in [9.17, 15) is 22.9 Å². The van der Waals surface area contributed by atoms with Crippen molar-refractivity contribution in [3.05, 3.63) is 70.6 Å². The Labute approximate surface area is 132 Å². The number of ketones is 1. The zero-order valence-corrected chi connectivity index (χ0v) is 12.5. The Bertz CT molecular complexity index is 956. The SMILES string of the molecule is O=C1C(S(=O)(=O)O)=CC(=Nc2ccc(O)cc2)c2ccccc21. The largest absolute Gasteiger partial charge is 0.508 e. The quantitative estimate of drug-likeness (QED) is 0.824. The van der Waals surface area contributed by atoms with E-state index in [4.69, 9.17) is 0 Å². The summed E-state index contributed by atoms with van der Waals surface area (Å²) in [6.07, 6.45) is 1.05. The van der Waals surface area contributed by atoms with E-state index in [0.29, 0.717) is 11.3 Å². The van der Waals surface area contributed by atoms with Crippen molar-refractivity contribution in [3.63, 3.8) is 0 Å². The van der Waals surface area contributed by atoms with Gasteiger partial charge in [-0.05, 0) is 30.3 Å². The Morgan fingerprint density at radius 1 is 0.913 bits per heavy atom. The van der Waals surface area contributed by atoms with Gasteiger partial charge in [-0.1, -0.05) is 24.3 Å². The predicted molar refractivity (Wildman–Crippen MR) is 84.7 cm³/mol. The first kappa shape index (κ1) is 15.1. The molecule has 0 heterocycles. The van der Waals surface area contributed by atoms with Crippen LogP contribution in [0.25, 0.3) is 0 Å². The molecule has 1 aliphatic rings. The Morgan fingerprint density at radius 3 is 2.13 bits per heavy atom. The third-order valence-electron chi connectivity index (χ3n) is 3.32. The van der Waals surface area contributed by atoms with E-state index in [1.165, 1.54) is 18.2 Å². The van der Waals surface area contributed by atoms with Gasteiger partial charge in [0.15, 0.2) is 0 Å². The number of allylic oxidation sites excluding steroid dienone is 2. The minimum absolute atomic E-state index is 0.0716. The fourth-order valence-electron chi connectivity index (χ4n) is 2.26. The molecule has 0 unspecified atom stereocenters. The van der Waals surface area contributed by atoms with Crippen molar-refractivity contribution in [1.82, 2.24) is 0 Å². The molecule has 0 spiro atoms. The summed E-state index contributed by atoms with van der Waals surface area (Å²) in [7, 11) is -4.66. The maximum Gasteiger partial charge on any atom is 0.298 e. The van der Waals surface area contributed by atoms with Crippen LogP contribution in [0, 0.1) is 0 Å². The number of hydrogen-bond donors (Lipinski definition) is 2. The molecule has 3 rings (SSSR count). The van der Waals surface area contributed by atoms with Crippen LogP contribution in [0.4, 0.5) is 5.69 Å². The van der Waals surface area contributed by atoms with Gasteiger partial charge in [0, 0.05) is 11.1 Å². The van der Waals surface area contributed by atoms with Gasteiger partial charge in [0.2, 0.25) is 5.78 Å². The fourth-order valence-corrected chi connectivity index (χ4v) is 2.86. The summed E-state index contributed by atoms with van der Waals surface area (Å²) < 4.78 is 32.1. The van der Waals surface area contributed by atoms with Crippen LogP contribution in [0.5, 0.6) is 5.75 Å². The smallest absolute Gasteiger partial charge is 0.298 e. The molecule has 0 aliphatic heterocycles. The number of benzene rings is 2. The summed E-state index contributed by atoms with van der Waals surface area (Å²) in [5, 5.41) is 9.29. The summed E-state index contributed by atoms with van der Waals surface area (Å²) in [4.78, 5) is 15.8. The van der Waals surface area contributed by atoms with Crippen molar-refractivity contribution in [2.75, 3.05) is 0 Å². The fraction of sp³-hybridized carbons (Fsp3) is 0. The molecule has 23 heavy (non-hydrogen) atoms. The second-order valence-corrected chi connectivity index (χ2v) is 6.26. The van der Waals surface area contributed by atoms with E-state index in [1.807, 2.05) is 0 Å². The third kappa shape index (κ3) is 2.92. The Morgan fingerprint density at radius 2 is 1.52 bits per heavy atom. The van der Waals surface area contributed by atoms with Gasteiger partial charge in [-0.3, -0.25) is 9.35 Å². The highest BCUT2D eigenvalue weighted by Crippen LogP contribution is 2.27. The number of hydrogen-bond acceptors (Lipinski definition) is 5. The number of aliphatic imine (C=N–C) groups is 1. The topological polar surface area (TPSA) is 104 Å². The third-order valence-corrected chi connectivity index (χ3v) is 4.18. The molecule has 2 aromatic rings. The highest BCUT2D eigenvalue weighted by molar-refractivity contribution is 7.91. The second kappa shape index (κ2) is 5.45. The molecule has 116 valence electrons. The van der Waals surface area contributed by atoms with E-state index < -0.39 is 20.8 Å². The number of fused-ring (bicyclic) bond motifs is 1. The van der Waals surface area contributed by atoms with Crippen molar-refractivity contribution in [2.45, 2.75) is 0 Å². The number of phenolic OH excluding ortho intramolecular Hbond substituents is 1. The van der Waals surface area contributed by atoms with Gasteiger partial charge in [-0.25, -0.2) is 4.99 Å². The second-order valence-electron chi connectivity index (χ2n) is 4.87. The highest BCUT2D eigenvalue weighted by atomic mass is 32.2.